The first-order valence-electron chi connectivity index (χ1n) is 8.33. The van der Waals surface area contributed by atoms with Gasteiger partial charge in [0.1, 0.15) is 0 Å². The highest BCUT2D eigenvalue weighted by molar-refractivity contribution is 7.92. The predicted molar refractivity (Wildman–Crippen MR) is 100 cm³/mol. The maximum atomic E-state index is 12.4. The minimum absolute atomic E-state index is 0.106. The van der Waals surface area contributed by atoms with Gasteiger partial charge in [-0.1, -0.05) is 31.5 Å². The number of rotatable bonds is 7. The molecule has 0 aliphatic heterocycles. The normalized spacial score (nSPS) is 12.4. The predicted octanol–water partition coefficient (Wildman–Crippen LogP) is 3.71. The van der Waals surface area contributed by atoms with E-state index in [1.165, 1.54) is 12.1 Å². The van der Waals surface area contributed by atoms with E-state index in [-0.39, 0.29) is 16.8 Å². The van der Waals surface area contributed by atoms with Crippen molar-refractivity contribution in [1.82, 2.24) is 5.32 Å². The van der Waals surface area contributed by atoms with Gasteiger partial charge in [-0.25, -0.2) is 8.42 Å². The molecule has 0 fully saturated rings. The Kier molecular flexibility index (Phi) is 6.20. The molecule has 1 amide bonds. The van der Waals surface area contributed by atoms with Gasteiger partial charge in [-0.05, 0) is 56.2 Å². The molecule has 0 spiro atoms. The number of hydrogen-bond donors (Lipinski definition) is 2. The number of sulfonamides is 1. The van der Waals surface area contributed by atoms with Crippen LogP contribution in [0.4, 0.5) is 5.69 Å². The standard InChI is InChI=1S/C19H24N2O3S/c1-4-8-15(3)20-19(22)16-11-12-18(14(2)13-16)21-25(23,24)17-9-6-5-7-10-17/h5-7,9-13,15,21H,4,8H2,1-3H3,(H,20,22)/t15-/m1/s1. The third kappa shape index (κ3) is 5.06. The summed E-state index contributed by atoms with van der Waals surface area (Å²) in [5.74, 6) is -0.151. The maximum Gasteiger partial charge on any atom is 0.261 e. The van der Waals surface area contributed by atoms with E-state index in [0.29, 0.717) is 16.8 Å². The van der Waals surface area contributed by atoms with Gasteiger partial charge in [0.05, 0.1) is 10.6 Å². The lowest BCUT2D eigenvalue weighted by Gasteiger charge is -2.15. The highest BCUT2D eigenvalue weighted by Gasteiger charge is 2.16. The zero-order valence-corrected chi connectivity index (χ0v) is 15.6. The van der Waals surface area contributed by atoms with Gasteiger partial charge in [0, 0.05) is 11.6 Å². The van der Waals surface area contributed by atoms with Gasteiger partial charge in [-0.3, -0.25) is 9.52 Å². The van der Waals surface area contributed by atoms with Crippen LogP contribution in [0.5, 0.6) is 0 Å². The van der Waals surface area contributed by atoms with E-state index < -0.39 is 10.0 Å². The Morgan fingerprint density at radius 3 is 2.40 bits per heavy atom. The lowest BCUT2D eigenvalue weighted by molar-refractivity contribution is 0.0938. The van der Waals surface area contributed by atoms with Gasteiger partial charge in [0.15, 0.2) is 0 Å². The van der Waals surface area contributed by atoms with Gasteiger partial charge in [-0.2, -0.15) is 0 Å². The second-order valence-electron chi connectivity index (χ2n) is 6.11. The molecule has 0 bridgehead atoms. The van der Waals surface area contributed by atoms with Crippen molar-refractivity contribution < 1.29 is 13.2 Å². The van der Waals surface area contributed by atoms with Crippen LogP contribution in [-0.2, 0) is 10.0 Å². The molecule has 2 aromatic rings. The third-order valence-corrected chi connectivity index (χ3v) is 5.27. The number of anilines is 1. The maximum absolute atomic E-state index is 12.4. The number of aryl methyl sites for hydroxylation is 1. The monoisotopic (exact) mass is 360 g/mol. The van der Waals surface area contributed by atoms with Gasteiger partial charge < -0.3 is 5.32 Å². The topological polar surface area (TPSA) is 75.3 Å². The lowest BCUT2D eigenvalue weighted by Crippen LogP contribution is -2.32. The first-order valence-corrected chi connectivity index (χ1v) is 9.81. The summed E-state index contributed by atoms with van der Waals surface area (Å²) in [6.45, 7) is 5.81. The average Bonchev–Trinajstić information content (AvgIpc) is 2.57. The van der Waals surface area contributed by atoms with Gasteiger partial charge >= 0.3 is 0 Å². The third-order valence-electron chi connectivity index (χ3n) is 3.89. The number of amides is 1. The van der Waals surface area contributed by atoms with Crippen molar-refractivity contribution in [3.05, 3.63) is 59.7 Å². The van der Waals surface area contributed by atoms with Crippen molar-refractivity contribution in [2.24, 2.45) is 0 Å². The van der Waals surface area contributed by atoms with Gasteiger partial charge in [0.2, 0.25) is 0 Å². The Bertz CT molecular complexity index is 833. The molecule has 2 N–H and O–H groups in total. The molecule has 25 heavy (non-hydrogen) atoms. The van der Waals surface area contributed by atoms with E-state index in [9.17, 15) is 13.2 Å². The van der Waals surface area contributed by atoms with Crippen molar-refractivity contribution in [3.8, 4) is 0 Å². The molecule has 0 aromatic heterocycles. The summed E-state index contributed by atoms with van der Waals surface area (Å²) in [5.41, 5.74) is 1.67. The highest BCUT2D eigenvalue weighted by Crippen LogP contribution is 2.21. The number of carbonyl (C=O) groups excluding carboxylic acids is 1. The van der Waals surface area contributed by atoms with Crippen LogP contribution in [0.15, 0.2) is 53.4 Å². The van der Waals surface area contributed by atoms with E-state index in [2.05, 4.69) is 17.0 Å². The Labute approximate surface area is 149 Å². The Morgan fingerprint density at radius 2 is 1.80 bits per heavy atom. The van der Waals surface area contributed by atoms with E-state index in [1.54, 1.807) is 43.3 Å². The molecule has 2 aromatic carbocycles. The molecule has 0 aliphatic rings. The summed E-state index contributed by atoms with van der Waals surface area (Å²) in [6.07, 6.45) is 1.92. The number of nitrogens with one attached hydrogen (secondary N) is 2. The summed E-state index contributed by atoms with van der Waals surface area (Å²) in [7, 11) is -3.65. The molecule has 2 rings (SSSR count). The second kappa shape index (κ2) is 8.16. The Hall–Kier alpha value is -2.34. The van der Waals surface area contributed by atoms with Crippen LogP contribution in [0, 0.1) is 6.92 Å². The van der Waals surface area contributed by atoms with E-state index >= 15 is 0 Å². The highest BCUT2D eigenvalue weighted by atomic mass is 32.2. The molecule has 0 heterocycles. The van der Waals surface area contributed by atoms with Crippen LogP contribution in [0.2, 0.25) is 0 Å². The summed E-state index contributed by atoms with van der Waals surface area (Å²) >= 11 is 0. The quantitative estimate of drug-likeness (QED) is 0.790. The first-order chi connectivity index (χ1) is 11.8. The largest absolute Gasteiger partial charge is 0.350 e. The number of hydrogen-bond acceptors (Lipinski definition) is 3. The van der Waals surface area contributed by atoms with E-state index in [0.717, 1.165) is 12.8 Å². The number of carbonyl (C=O) groups is 1. The fourth-order valence-electron chi connectivity index (χ4n) is 2.54. The molecule has 0 unspecified atom stereocenters. The molecule has 0 saturated carbocycles. The molecule has 5 nitrogen and oxygen atoms in total. The Balaban J connectivity index is 2.16. The van der Waals surface area contributed by atoms with Crippen molar-refractivity contribution in [3.63, 3.8) is 0 Å². The molecule has 1 atom stereocenters. The molecule has 0 aliphatic carbocycles. The summed E-state index contributed by atoms with van der Waals surface area (Å²) in [4.78, 5) is 12.4. The van der Waals surface area contributed by atoms with Crippen molar-refractivity contribution in [2.45, 2.75) is 44.6 Å². The van der Waals surface area contributed by atoms with Gasteiger partial charge in [-0.15, -0.1) is 0 Å². The fraction of sp³-hybridized carbons (Fsp3) is 0.316. The summed E-state index contributed by atoms with van der Waals surface area (Å²) in [6, 6.07) is 13.2. The van der Waals surface area contributed by atoms with Gasteiger partial charge in [0.25, 0.3) is 15.9 Å². The molecule has 0 radical (unpaired) electrons. The molecule has 6 heteroatoms. The lowest BCUT2D eigenvalue weighted by atomic mass is 10.1. The minimum atomic E-state index is -3.65. The van der Waals surface area contributed by atoms with E-state index in [4.69, 9.17) is 0 Å². The SMILES string of the molecule is CCC[C@@H](C)NC(=O)c1ccc(NS(=O)(=O)c2ccccc2)c(C)c1. The fourth-order valence-corrected chi connectivity index (χ4v) is 3.69. The molecule has 0 saturated heterocycles. The first kappa shape index (κ1) is 19.0. The average molecular weight is 360 g/mol. The molecular formula is C19H24N2O3S. The molecule has 134 valence electrons. The smallest absolute Gasteiger partial charge is 0.261 e. The van der Waals surface area contributed by atoms with E-state index in [1.807, 2.05) is 6.92 Å². The van der Waals surface area contributed by atoms with Crippen molar-refractivity contribution in [2.75, 3.05) is 4.72 Å². The number of benzene rings is 2. The summed E-state index contributed by atoms with van der Waals surface area (Å²) < 4.78 is 27.4. The van der Waals surface area contributed by atoms with Crippen LogP contribution in [0.3, 0.4) is 0 Å². The van der Waals surface area contributed by atoms with Crippen LogP contribution in [0.1, 0.15) is 42.6 Å². The Morgan fingerprint density at radius 1 is 1.12 bits per heavy atom. The second-order valence-corrected chi connectivity index (χ2v) is 7.79. The minimum Gasteiger partial charge on any atom is -0.350 e. The van der Waals surface area contributed by atoms with Crippen LogP contribution in [0.25, 0.3) is 0 Å². The van der Waals surface area contributed by atoms with Crippen molar-refractivity contribution in [1.29, 1.82) is 0 Å². The van der Waals surface area contributed by atoms with Crippen LogP contribution in [-0.4, -0.2) is 20.4 Å². The van der Waals surface area contributed by atoms with Crippen LogP contribution >= 0.6 is 0 Å². The van der Waals surface area contributed by atoms with Crippen LogP contribution < -0.4 is 10.0 Å². The summed E-state index contributed by atoms with van der Waals surface area (Å²) in [5, 5.41) is 2.94. The van der Waals surface area contributed by atoms with Crippen molar-refractivity contribution >= 4 is 21.6 Å². The zero-order valence-electron chi connectivity index (χ0n) is 14.7. The molecular weight excluding hydrogens is 336 g/mol. The zero-order chi connectivity index (χ0) is 18.4.